The summed E-state index contributed by atoms with van der Waals surface area (Å²) in [6.45, 7) is 49.3. The van der Waals surface area contributed by atoms with Crippen molar-refractivity contribution in [2.45, 2.75) is 282 Å². The number of Topliss-reactive ketones (excluding diaryl/α,β-unsaturated/α-hetero) is 3. The molecule has 5 N–H and O–H groups in total. The molecular formula is C121H161N3O22. The van der Waals surface area contributed by atoms with Crippen LogP contribution in [0, 0.1) is 106 Å². The number of aromatic hydroxyl groups is 1. The Morgan fingerprint density at radius 3 is 1.23 bits per heavy atom. The summed E-state index contributed by atoms with van der Waals surface area (Å²) in [6, 6.07) is 57.9. The molecule has 0 aliphatic carbocycles. The summed E-state index contributed by atoms with van der Waals surface area (Å²) < 4.78 is 42.1. The number of carbonyl (C=O) groups is 12. The summed E-state index contributed by atoms with van der Waals surface area (Å²) in [5.41, 5.74) is 14.3. The van der Waals surface area contributed by atoms with Crippen LogP contribution in [0.25, 0.3) is 10.8 Å². The molecule has 0 spiro atoms. The zero-order chi connectivity index (χ0) is 109. The number of aliphatic hydroxyl groups is 1. The molecule has 0 saturated carbocycles. The molecule has 0 aromatic heterocycles. The summed E-state index contributed by atoms with van der Waals surface area (Å²) >= 11 is 0. The molecule has 8 atom stereocenters. The van der Waals surface area contributed by atoms with E-state index in [-0.39, 0.29) is 170 Å². The lowest BCUT2D eigenvalue weighted by Crippen LogP contribution is -2.35. The number of nitrogens with one attached hydrogen (secondary N) is 3. The molecule has 9 aromatic carbocycles. The number of phenolic OH excluding ortho intramolecular Hbond substituents is 1. The summed E-state index contributed by atoms with van der Waals surface area (Å²) in [5, 5.41) is 30.0. The van der Waals surface area contributed by atoms with Crippen molar-refractivity contribution in [3.05, 3.63) is 265 Å². The van der Waals surface area contributed by atoms with E-state index in [1.165, 1.54) is 30.4 Å². The van der Waals surface area contributed by atoms with Gasteiger partial charge in [-0.25, -0.2) is 0 Å². The van der Waals surface area contributed by atoms with Gasteiger partial charge in [-0.15, -0.1) is 0 Å². The normalized spacial score (nSPS) is 12.7. The van der Waals surface area contributed by atoms with Crippen molar-refractivity contribution in [3.8, 4) is 28.7 Å². The van der Waals surface area contributed by atoms with Crippen LogP contribution < -0.4 is 34.9 Å². The second-order valence-corrected chi connectivity index (χ2v) is 41.0. The molecule has 0 aliphatic heterocycles. The van der Waals surface area contributed by atoms with Gasteiger partial charge in [0.25, 0.3) is 0 Å². The van der Waals surface area contributed by atoms with Gasteiger partial charge in [0, 0.05) is 82.8 Å². The molecule has 25 nitrogen and oxygen atoms in total. The maximum atomic E-state index is 13.3. The second kappa shape index (κ2) is 62.0. The van der Waals surface area contributed by atoms with Crippen LogP contribution in [-0.4, -0.2) is 115 Å². The highest BCUT2D eigenvalue weighted by molar-refractivity contribution is 5.93. The van der Waals surface area contributed by atoms with E-state index < -0.39 is 41.8 Å². The van der Waals surface area contributed by atoms with Crippen molar-refractivity contribution in [2.75, 3.05) is 27.4 Å². The first-order chi connectivity index (χ1) is 68.8. The Bertz CT molecular complexity index is 5770. The Labute approximate surface area is 866 Å². The number of aryl methyl sites for hydroxylation is 6. The van der Waals surface area contributed by atoms with E-state index >= 15 is 0 Å². The predicted octanol–water partition coefficient (Wildman–Crippen LogP) is 22.7. The minimum absolute atomic E-state index is 0.0129. The average Bonchev–Trinajstić information content (AvgIpc) is 0.810. The number of ether oxygens (including phenoxy) is 8. The maximum Gasteiger partial charge on any atom is 0.309 e. The molecule has 0 heterocycles. The second-order valence-electron chi connectivity index (χ2n) is 41.0. The van der Waals surface area contributed by atoms with Gasteiger partial charge < -0.3 is 64.1 Å². The van der Waals surface area contributed by atoms with E-state index in [4.69, 9.17) is 37.9 Å². The Balaban J connectivity index is 0.000000323. The molecule has 2 unspecified atom stereocenters. The number of rotatable bonds is 46. The molecule has 25 heteroatoms. The number of phenols is 1. The van der Waals surface area contributed by atoms with Crippen LogP contribution in [0.1, 0.15) is 272 Å². The minimum Gasteiger partial charge on any atom is -0.508 e. The Morgan fingerprint density at radius 1 is 0.370 bits per heavy atom. The zero-order valence-corrected chi connectivity index (χ0v) is 91.2. The van der Waals surface area contributed by atoms with Gasteiger partial charge in [0.1, 0.15) is 59.3 Å². The third kappa shape index (κ3) is 44.4. The van der Waals surface area contributed by atoms with Crippen LogP contribution in [0.4, 0.5) is 0 Å². The first kappa shape index (κ1) is 123. The molecule has 792 valence electrons. The quantitative estimate of drug-likeness (QED) is 0.0134. The lowest BCUT2D eigenvalue weighted by atomic mass is 9.84. The fourth-order valence-electron chi connectivity index (χ4n) is 16.0. The van der Waals surface area contributed by atoms with Crippen LogP contribution in [0.3, 0.4) is 0 Å². The van der Waals surface area contributed by atoms with Crippen LogP contribution in [0.2, 0.25) is 0 Å². The summed E-state index contributed by atoms with van der Waals surface area (Å²) in [7, 11) is 3.26. The first-order valence-corrected chi connectivity index (χ1v) is 50.8. The molecule has 9 rings (SSSR count). The van der Waals surface area contributed by atoms with Gasteiger partial charge in [-0.2, -0.15) is 0 Å². The fourth-order valence-corrected chi connectivity index (χ4v) is 16.0. The van der Waals surface area contributed by atoms with E-state index in [1.54, 1.807) is 97.4 Å². The average molecular weight is 2010 g/mol. The molecule has 146 heavy (non-hydrogen) atoms. The molecule has 0 aliphatic rings. The highest BCUT2D eigenvalue weighted by Gasteiger charge is 2.33. The highest BCUT2D eigenvalue weighted by Crippen LogP contribution is 2.33. The van der Waals surface area contributed by atoms with Crippen molar-refractivity contribution >= 4 is 81.7 Å². The van der Waals surface area contributed by atoms with Gasteiger partial charge in [0.15, 0.2) is 0 Å². The van der Waals surface area contributed by atoms with Crippen molar-refractivity contribution in [1.29, 1.82) is 0 Å². The topological polar surface area (TPSA) is 355 Å². The van der Waals surface area contributed by atoms with Gasteiger partial charge in [-0.05, 0) is 241 Å². The van der Waals surface area contributed by atoms with E-state index in [1.807, 2.05) is 162 Å². The van der Waals surface area contributed by atoms with Gasteiger partial charge >= 0.3 is 35.8 Å². The minimum atomic E-state index is -0.673. The van der Waals surface area contributed by atoms with E-state index in [9.17, 15) is 67.7 Å². The molecule has 9 aromatic rings. The molecule has 0 bridgehead atoms. The summed E-state index contributed by atoms with van der Waals surface area (Å²) in [4.78, 5) is 148. The smallest absolute Gasteiger partial charge is 0.309 e. The fraction of sp³-hybridized carbons (Fsp3) is 0.471. The highest BCUT2D eigenvalue weighted by atomic mass is 16.6. The van der Waals surface area contributed by atoms with Crippen molar-refractivity contribution in [2.24, 2.45) is 64.6 Å². The molecule has 0 fully saturated rings. The Kier molecular flexibility index (Phi) is 52.3. The number of hydrogen-bond donors (Lipinski definition) is 5. The number of aliphatic hydroxyl groups excluding tert-OH is 1. The van der Waals surface area contributed by atoms with Gasteiger partial charge in [-0.1, -0.05) is 249 Å². The van der Waals surface area contributed by atoms with Crippen molar-refractivity contribution in [3.63, 3.8) is 0 Å². The van der Waals surface area contributed by atoms with Crippen molar-refractivity contribution in [1.82, 2.24) is 16.0 Å². The van der Waals surface area contributed by atoms with Crippen LogP contribution in [0.5, 0.6) is 28.7 Å². The number of fused-ring (bicyclic) bond motifs is 1. The monoisotopic (exact) mass is 2010 g/mol. The summed E-state index contributed by atoms with van der Waals surface area (Å²) in [5.74, 6) is -2.05. The van der Waals surface area contributed by atoms with Gasteiger partial charge in [-0.3, -0.25) is 57.5 Å². The molecule has 0 radical (unpaired) electrons. The number of ketones is 3. The number of amides is 3. The standard InChI is InChI=1S/C30H36O3.C28H39NO3.C25H31NO6.C19H29NO4.C19H26O6/c1-21-11-12-26-19-24(13-14-25(26)17-21)22(2)28(31)20-27(18-23-9-7-6-8-10-23)29(32)33-16-15-30(3,4)5;1-18(2)14-22-10-12-24(13-11-22)21(6)26(30)16-25(19(3)4)28(31)29-17-23-9-8-20(5)27(15-23)32-7;1-15(2)21(25(30)26-13-19-6-8-22(28)16(3)10-19)12-24(29)31-14-20-7-9-23(17(4)11-20)32-18(5)27;1-12(2)17(10-16(22)8-14(4)21)19(23)20-11-15-7-6-13(3)18(9-15)24-5;1-6-23-19(22)16(12(2)3)10-18(21)24-11-15-7-8-17(13(4)9-15)25-14(5)20/h6-14,17,19,22,27H,15-16,18,20H2,1-5H3;8-13,15,18-19,21,25H,14,16-17H2,1-7H3,(H,29,31);6-11,15,21,28H,12-14H2,1-5H3,(H,26,30);6-7,9,12,14,17,21H,8,10-11H2,1-5H3,(H,20,23);7-9,12,16H,6,10-11H2,1-5H3/t22-,27+;21?,25-;21-;14?,17-;16-/m00000/s1. The largest absolute Gasteiger partial charge is 0.508 e. The van der Waals surface area contributed by atoms with Gasteiger partial charge in [0.2, 0.25) is 17.7 Å². The third-order valence-electron chi connectivity index (χ3n) is 25.2. The number of esters is 6. The van der Waals surface area contributed by atoms with Crippen LogP contribution in [0.15, 0.2) is 182 Å². The molecule has 0 saturated heterocycles. The number of carbonyl (C=O) groups excluding carboxylic acids is 12. The van der Waals surface area contributed by atoms with E-state index in [0.717, 1.165) is 102 Å². The first-order valence-electron chi connectivity index (χ1n) is 50.8. The van der Waals surface area contributed by atoms with Crippen molar-refractivity contribution < 1.29 is 106 Å². The van der Waals surface area contributed by atoms with Crippen LogP contribution >= 0.6 is 0 Å². The number of methoxy groups -OCH3 is 2. The third-order valence-corrected chi connectivity index (χ3v) is 25.2. The van der Waals surface area contributed by atoms with E-state index in [0.29, 0.717) is 50.1 Å². The van der Waals surface area contributed by atoms with Crippen LogP contribution in [-0.2, 0) is 122 Å². The number of benzene rings is 9. The molecular weight excluding hydrogens is 1850 g/mol. The number of hydrogen-bond acceptors (Lipinski definition) is 22. The lowest BCUT2D eigenvalue weighted by Gasteiger charge is -2.22. The summed E-state index contributed by atoms with van der Waals surface area (Å²) in [6.07, 6.45) is 2.29. The SMILES string of the molecule is CC(=O)Oc1ccc(COC(=O)C[C@H](C(=O)NCc2ccc(O)c(C)c2)C(C)C)cc1C.CCOC(=O)[C@@H](CC(=O)OCc1ccc(OC(C)=O)c(C)c1)C(C)C.COc1cc(CNC(=O)[C@@H](CC(=O)C(C)c2ccc(CC(C)C)cc2)C(C)C)ccc1C.COc1cc(CNC(=O)[C@@H](CC(=O)CC(C)O)C(C)C)ccc1C.Cc1ccc2cc([C@H](C)C(=O)C[C@@H](Cc3ccccc3)C(=O)OCCC(C)(C)C)ccc2c1. The predicted molar refractivity (Wildman–Crippen MR) is 572 cm³/mol. The Morgan fingerprint density at radius 2 is 0.781 bits per heavy atom. The Hall–Kier alpha value is -13.2. The van der Waals surface area contributed by atoms with E-state index in [2.05, 4.69) is 112 Å². The molecule has 3 amide bonds. The van der Waals surface area contributed by atoms with Gasteiger partial charge in [0.05, 0.1) is 64.1 Å². The zero-order valence-electron chi connectivity index (χ0n) is 91.2. The lowest BCUT2D eigenvalue weighted by molar-refractivity contribution is -0.157. The maximum absolute atomic E-state index is 13.3.